The quantitative estimate of drug-likeness (QED) is 0.611. The lowest BCUT2D eigenvalue weighted by Gasteiger charge is -2.24. The van der Waals surface area contributed by atoms with Gasteiger partial charge < -0.3 is 0 Å². The average Bonchev–Trinajstić information content (AvgIpc) is 2.45. The van der Waals surface area contributed by atoms with Crippen LogP contribution in [-0.4, -0.2) is 20.2 Å². The Morgan fingerprint density at radius 2 is 1.70 bits per heavy atom. The van der Waals surface area contributed by atoms with E-state index in [4.69, 9.17) is 34.8 Å². The molecule has 23 heavy (non-hydrogen) atoms. The number of hydrogen-bond donors (Lipinski definition) is 0. The largest absolute Gasteiger partial charge is 0.279 e. The van der Waals surface area contributed by atoms with Gasteiger partial charge >= 0.3 is 0 Å². The van der Waals surface area contributed by atoms with Crippen LogP contribution in [0.3, 0.4) is 0 Å². The summed E-state index contributed by atoms with van der Waals surface area (Å²) in [6, 6.07) is 10.2. The summed E-state index contributed by atoms with van der Waals surface area (Å²) in [5.41, 5.74) is 0.152. The van der Waals surface area contributed by atoms with Gasteiger partial charge in [0.15, 0.2) is 0 Å². The second-order valence-corrected chi connectivity index (χ2v) is 8.46. The summed E-state index contributed by atoms with van der Waals surface area (Å²) in [4.78, 5) is 11.3. The first kappa shape index (κ1) is 18.5. The number of anilines is 1. The van der Waals surface area contributed by atoms with Gasteiger partial charge in [-0.25, -0.2) is 8.42 Å². The van der Waals surface area contributed by atoms with Gasteiger partial charge in [-0.1, -0.05) is 39.1 Å². The molecule has 0 aromatic heterocycles. The van der Waals surface area contributed by atoms with Crippen LogP contribution in [0.4, 0.5) is 5.69 Å². The molecule has 0 saturated heterocycles. The van der Waals surface area contributed by atoms with Crippen LogP contribution >= 0.6 is 50.7 Å². The number of nitrogens with zero attached hydrogens (tertiary/aromatic N) is 1. The lowest BCUT2D eigenvalue weighted by Crippen LogP contribution is -2.34. The van der Waals surface area contributed by atoms with Gasteiger partial charge in [0, 0.05) is 9.50 Å². The Bertz CT molecular complexity index is 841. The third kappa shape index (κ3) is 4.39. The zero-order valence-corrected chi connectivity index (χ0v) is 16.0. The average molecular weight is 458 g/mol. The van der Waals surface area contributed by atoms with E-state index in [0.717, 1.165) is 4.31 Å². The van der Waals surface area contributed by atoms with Gasteiger partial charge in [0.25, 0.3) is 10.0 Å². The first-order valence-corrected chi connectivity index (χ1v) is 9.50. The molecule has 9 heteroatoms. The van der Waals surface area contributed by atoms with Gasteiger partial charge in [0.05, 0.1) is 15.6 Å². The number of carbonyl (C=O) groups excluding carboxylic acids is 1. The highest BCUT2D eigenvalue weighted by Crippen LogP contribution is 2.33. The minimum Gasteiger partial charge on any atom is -0.279 e. The fourth-order valence-corrected chi connectivity index (χ4v) is 4.41. The second-order valence-electron chi connectivity index (χ2n) is 4.42. The maximum absolute atomic E-state index is 12.8. The number of rotatable bonds is 5. The zero-order valence-electron chi connectivity index (χ0n) is 11.3. The third-order valence-corrected chi connectivity index (χ3v) is 5.79. The molecule has 0 fully saturated rings. The van der Waals surface area contributed by atoms with Crippen molar-refractivity contribution in [1.82, 2.24) is 0 Å². The fourth-order valence-electron chi connectivity index (χ4n) is 1.83. The monoisotopic (exact) mass is 455 g/mol. The molecule has 2 aromatic rings. The second kappa shape index (κ2) is 7.40. The molecule has 4 nitrogen and oxygen atoms in total. The van der Waals surface area contributed by atoms with Crippen LogP contribution in [0, 0.1) is 0 Å². The molecular weight excluding hydrogens is 448 g/mol. The van der Waals surface area contributed by atoms with Crippen molar-refractivity contribution in [3.8, 4) is 0 Å². The maximum atomic E-state index is 12.8. The lowest BCUT2D eigenvalue weighted by atomic mass is 10.3. The van der Waals surface area contributed by atoms with Crippen LogP contribution in [0.15, 0.2) is 51.8 Å². The van der Waals surface area contributed by atoms with E-state index < -0.39 is 21.8 Å². The van der Waals surface area contributed by atoms with Crippen LogP contribution in [0.25, 0.3) is 0 Å². The van der Waals surface area contributed by atoms with Gasteiger partial charge in [-0.3, -0.25) is 9.10 Å². The van der Waals surface area contributed by atoms with E-state index >= 15 is 0 Å². The Hall–Kier alpha value is -0.790. The third-order valence-electron chi connectivity index (χ3n) is 2.85. The van der Waals surface area contributed by atoms with Crippen LogP contribution in [0.2, 0.25) is 10.0 Å². The van der Waals surface area contributed by atoms with Crippen molar-refractivity contribution in [1.29, 1.82) is 0 Å². The van der Waals surface area contributed by atoms with Crippen molar-refractivity contribution in [2.45, 2.75) is 4.90 Å². The van der Waals surface area contributed by atoms with Gasteiger partial charge in [-0.2, -0.15) is 0 Å². The van der Waals surface area contributed by atoms with Crippen LogP contribution < -0.4 is 4.31 Å². The highest BCUT2D eigenvalue weighted by molar-refractivity contribution is 9.10. The summed E-state index contributed by atoms with van der Waals surface area (Å²) in [7, 11) is -4.03. The number of carbonyl (C=O) groups is 1. The molecule has 122 valence electrons. The van der Waals surface area contributed by atoms with E-state index in [0.29, 0.717) is 9.50 Å². The number of benzene rings is 2. The maximum Gasteiger partial charge on any atom is 0.264 e. The van der Waals surface area contributed by atoms with E-state index in [1.54, 1.807) is 6.07 Å². The van der Waals surface area contributed by atoms with Crippen molar-refractivity contribution in [2.75, 3.05) is 10.8 Å². The van der Waals surface area contributed by atoms with Gasteiger partial charge in [-0.05, 0) is 54.1 Å². The van der Waals surface area contributed by atoms with Crippen LogP contribution in [0.5, 0.6) is 0 Å². The molecule has 0 heterocycles. The van der Waals surface area contributed by atoms with E-state index in [9.17, 15) is 13.2 Å². The highest BCUT2D eigenvalue weighted by atomic mass is 79.9. The standard InChI is InChI=1S/C14H9BrCl3NO3S/c15-9-1-6-13(12(17)7-9)19(8-14(18)20)23(21,22)11-4-2-10(16)3-5-11/h1-7H,8H2. The first-order valence-electron chi connectivity index (χ1n) is 6.13. The van der Waals surface area contributed by atoms with Crippen molar-refractivity contribution < 1.29 is 13.2 Å². The summed E-state index contributed by atoms with van der Waals surface area (Å²) < 4.78 is 27.2. The fraction of sp³-hybridized carbons (Fsp3) is 0.0714. The molecule has 0 aliphatic rings. The molecule has 0 aliphatic carbocycles. The van der Waals surface area contributed by atoms with Gasteiger partial charge in [0.1, 0.15) is 6.54 Å². The minimum absolute atomic E-state index is 0.0289. The molecule has 0 amide bonds. The molecule has 0 spiro atoms. The molecule has 0 bridgehead atoms. The Kier molecular flexibility index (Phi) is 5.97. The minimum atomic E-state index is -4.03. The molecule has 0 radical (unpaired) electrons. The molecule has 2 aromatic carbocycles. The number of halogens is 4. The zero-order chi connectivity index (χ0) is 17.2. The lowest BCUT2D eigenvalue weighted by molar-refractivity contribution is -0.110. The smallest absolute Gasteiger partial charge is 0.264 e. The molecular formula is C14H9BrCl3NO3S. The molecule has 0 saturated carbocycles. The summed E-state index contributed by atoms with van der Waals surface area (Å²) in [6.07, 6.45) is 0. The molecule has 0 unspecified atom stereocenters. The highest BCUT2D eigenvalue weighted by Gasteiger charge is 2.28. The van der Waals surface area contributed by atoms with E-state index in [1.165, 1.54) is 36.4 Å². The summed E-state index contributed by atoms with van der Waals surface area (Å²) in [5, 5.41) is -0.276. The van der Waals surface area contributed by atoms with Crippen LogP contribution in [-0.2, 0) is 14.8 Å². The Balaban J connectivity index is 2.57. The summed E-state index contributed by atoms with van der Waals surface area (Å²) >= 11 is 20.5. The normalized spacial score (nSPS) is 11.3. The van der Waals surface area contributed by atoms with E-state index in [2.05, 4.69) is 15.9 Å². The van der Waals surface area contributed by atoms with E-state index in [-0.39, 0.29) is 15.6 Å². The Labute approximate surface area is 157 Å². The van der Waals surface area contributed by atoms with Crippen molar-refractivity contribution in [2.24, 2.45) is 0 Å². The van der Waals surface area contributed by atoms with Gasteiger partial charge in [0.2, 0.25) is 5.24 Å². The summed E-state index contributed by atoms with van der Waals surface area (Å²) in [5.74, 6) is 0. The van der Waals surface area contributed by atoms with Crippen molar-refractivity contribution >= 4 is 71.7 Å². The van der Waals surface area contributed by atoms with Crippen molar-refractivity contribution in [3.63, 3.8) is 0 Å². The summed E-state index contributed by atoms with van der Waals surface area (Å²) in [6.45, 7) is -0.548. The van der Waals surface area contributed by atoms with Gasteiger partial charge in [-0.15, -0.1) is 0 Å². The molecule has 0 N–H and O–H groups in total. The Morgan fingerprint density at radius 3 is 2.22 bits per heavy atom. The number of sulfonamides is 1. The topological polar surface area (TPSA) is 54.5 Å². The predicted molar refractivity (Wildman–Crippen MR) is 96.0 cm³/mol. The molecule has 0 aliphatic heterocycles. The SMILES string of the molecule is O=C(Cl)CN(c1ccc(Br)cc1Cl)S(=O)(=O)c1ccc(Cl)cc1. The predicted octanol–water partition coefficient (Wildman–Crippen LogP) is 4.72. The molecule has 2 rings (SSSR count). The van der Waals surface area contributed by atoms with E-state index in [1.807, 2.05) is 0 Å². The number of hydrogen-bond acceptors (Lipinski definition) is 3. The van der Waals surface area contributed by atoms with Crippen molar-refractivity contribution in [3.05, 3.63) is 57.0 Å². The Morgan fingerprint density at radius 1 is 1.09 bits per heavy atom. The first-order chi connectivity index (χ1) is 10.7. The van der Waals surface area contributed by atoms with Crippen LogP contribution in [0.1, 0.15) is 0 Å². The molecule has 0 atom stereocenters.